The highest BCUT2D eigenvalue weighted by atomic mass is 16.2. The lowest BCUT2D eigenvalue weighted by molar-refractivity contribution is -0.118. The van der Waals surface area contributed by atoms with Crippen LogP contribution in [0.15, 0.2) is 9.59 Å². The SMILES string of the molecule is CCCCCN(C(=O)CCc1c(C)nn(C)c1C)c1c(N)n(CCCC)c(=O)[nH]c1=O. The van der Waals surface area contributed by atoms with Gasteiger partial charge in [0.2, 0.25) is 5.91 Å². The number of aromatic amines is 1. The molecule has 0 spiro atoms. The molecular weight excluding hydrogens is 396 g/mol. The fourth-order valence-corrected chi connectivity index (χ4v) is 3.80. The van der Waals surface area contributed by atoms with Crippen LogP contribution < -0.4 is 21.9 Å². The van der Waals surface area contributed by atoms with Crippen LogP contribution in [0.4, 0.5) is 11.5 Å². The molecule has 0 bridgehead atoms. The van der Waals surface area contributed by atoms with Gasteiger partial charge in [-0.25, -0.2) is 4.79 Å². The van der Waals surface area contributed by atoms with Gasteiger partial charge in [-0.2, -0.15) is 5.10 Å². The third kappa shape index (κ3) is 5.65. The van der Waals surface area contributed by atoms with Crippen molar-refractivity contribution in [2.45, 2.75) is 79.2 Å². The number of carbonyl (C=O) groups excluding carboxylic acids is 1. The molecule has 0 radical (unpaired) electrons. The van der Waals surface area contributed by atoms with E-state index in [4.69, 9.17) is 5.73 Å². The van der Waals surface area contributed by atoms with Gasteiger partial charge in [0, 0.05) is 32.3 Å². The number of aromatic nitrogens is 4. The molecule has 2 aromatic rings. The molecule has 3 N–H and O–H groups in total. The quantitative estimate of drug-likeness (QED) is 0.529. The zero-order valence-electron chi connectivity index (χ0n) is 19.5. The minimum Gasteiger partial charge on any atom is -0.383 e. The average molecular weight is 433 g/mol. The van der Waals surface area contributed by atoms with E-state index in [9.17, 15) is 14.4 Å². The van der Waals surface area contributed by atoms with Crippen molar-refractivity contribution in [2.24, 2.45) is 7.05 Å². The Morgan fingerprint density at radius 1 is 1.13 bits per heavy atom. The van der Waals surface area contributed by atoms with Crippen LogP contribution in [0, 0.1) is 13.8 Å². The van der Waals surface area contributed by atoms with E-state index in [1.54, 1.807) is 4.68 Å². The second-order valence-electron chi connectivity index (χ2n) is 8.02. The van der Waals surface area contributed by atoms with Gasteiger partial charge in [-0.05, 0) is 38.7 Å². The lowest BCUT2D eigenvalue weighted by atomic mass is 10.1. The molecule has 0 saturated carbocycles. The van der Waals surface area contributed by atoms with Gasteiger partial charge in [0.1, 0.15) is 5.82 Å². The van der Waals surface area contributed by atoms with Crippen molar-refractivity contribution in [3.05, 3.63) is 37.8 Å². The van der Waals surface area contributed by atoms with Gasteiger partial charge in [0.25, 0.3) is 5.56 Å². The molecule has 0 aliphatic heterocycles. The lowest BCUT2D eigenvalue weighted by Gasteiger charge is -2.24. The van der Waals surface area contributed by atoms with Crippen LogP contribution in [0.1, 0.15) is 69.3 Å². The first-order valence-corrected chi connectivity index (χ1v) is 11.1. The molecule has 0 aliphatic carbocycles. The number of nitrogens with one attached hydrogen (secondary N) is 1. The predicted octanol–water partition coefficient (Wildman–Crippen LogP) is 2.43. The third-order valence-corrected chi connectivity index (χ3v) is 5.75. The molecule has 31 heavy (non-hydrogen) atoms. The number of hydrogen-bond acceptors (Lipinski definition) is 5. The third-order valence-electron chi connectivity index (χ3n) is 5.75. The molecule has 0 unspecified atom stereocenters. The normalized spacial score (nSPS) is 11.1. The first-order chi connectivity index (χ1) is 14.7. The van der Waals surface area contributed by atoms with Crippen LogP contribution in [-0.2, 0) is 24.8 Å². The summed E-state index contributed by atoms with van der Waals surface area (Å²) in [6.45, 7) is 8.78. The van der Waals surface area contributed by atoms with Gasteiger partial charge in [0.15, 0.2) is 5.69 Å². The number of anilines is 2. The van der Waals surface area contributed by atoms with Crippen LogP contribution in [0.25, 0.3) is 0 Å². The van der Waals surface area contributed by atoms with Gasteiger partial charge in [0.05, 0.1) is 5.69 Å². The molecular formula is C22H36N6O3. The number of H-pyrrole nitrogens is 1. The largest absolute Gasteiger partial charge is 0.383 e. The van der Waals surface area contributed by atoms with Crippen molar-refractivity contribution in [2.75, 3.05) is 17.2 Å². The predicted molar refractivity (Wildman–Crippen MR) is 124 cm³/mol. The highest BCUT2D eigenvalue weighted by Gasteiger charge is 2.24. The maximum absolute atomic E-state index is 13.3. The van der Waals surface area contributed by atoms with Crippen molar-refractivity contribution in [1.29, 1.82) is 0 Å². The summed E-state index contributed by atoms with van der Waals surface area (Å²) in [5.74, 6) is -0.127. The number of aryl methyl sites for hydroxylation is 2. The number of rotatable bonds is 11. The van der Waals surface area contributed by atoms with Crippen molar-refractivity contribution in [3.63, 3.8) is 0 Å². The van der Waals surface area contributed by atoms with Crippen molar-refractivity contribution >= 4 is 17.4 Å². The molecule has 0 atom stereocenters. The molecule has 0 saturated heterocycles. The summed E-state index contributed by atoms with van der Waals surface area (Å²) < 4.78 is 3.16. The maximum atomic E-state index is 13.3. The number of nitrogens with two attached hydrogens (primary N) is 1. The van der Waals surface area contributed by atoms with E-state index in [-0.39, 0.29) is 23.8 Å². The van der Waals surface area contributed by atoms with Crippen LogP contribution in [0.5, 0.6) is 0 Å². The summed E-state index contributed by atoms with van der Waals surface area (Å²) in [4.78, 5) is 42.0. The maximum Gasteiger partial charge on any atom is 0.330 e. The van der Waals surface area contributed by atoms with Gasteiger partial charge in [-0.15, -0.1) is 0 Å². The van der Waals surface area contributed by atoms with Crippen LogP contribution in [0.2, 0.25) is 0 Å². The standard InChI is InChI=1S/C22H36N6O3/c1-6-8-10-14-27(18(29)12-11-17-15(3)25-26(5)16(17)4)19-20(23)28(13-9-7-2)22(31)24-21(19)30/h6-14,23H2,1-5H3,(H,24,30,31). The molecule has 2 aromatic heterocycles. The Kier molecular flexibility index (Phi) is 8.65. The molecule has 9 nitrogen and oxygen atoms in total. The molecule has 1 amide bonds. The molecule has 0 fully saturated rings. The number of unbranched alkanes of at least 4 members (excludes halogenated alkanes) is 3. The van der Waals surface area contributed by atoms with E-state index >= 15 is 0 Å². The Morgan fingerprint density at radius 3 is 2.39 bits per heavy atom. The Morgan fingerprint density at radius 2 is 1.81 bits per heavy atom. The molecule has 2 heterocycles. The Hall–Kier alpha value is -2.84. The van der Waals surface area contributed by atoms with E-state index in [0.29, 0.717) is 19.5 Å². The summed E-state index contributed by atoms with van der Waals surface area (Å²) in [6, 6.07) is 0. The average Bonchev–Trinajstić information content (AvgIpc) is 2.96. The smallest absolute Gasteiger partial charge is 0.330 e. The van der Waals surface area contributed by atoms with Crippen molar-refractivity contribution < 1.29 is 4.79 Å². The van der Waals surface area contributed by atoms with Crippen LogP contribution in [-0.4, -0.2) is 31.8 Å². The lowest BCUT2D eigenvalue weighted by Crippen LogP contribution is -2.41. The summed E-state index contributed by atoms with van der Waals surface area (Å²) in [5, 5.41) is 4.41. The summed E-state index contributed by atoms with van der Waals surface area (Å²) >= 11 is 0. The van der Waals surface area contributed by atoms with Crippen LogP contribution in [0.3, 0.4) is 0 Å². The van der Waals surface area contributed by atoms with E-state index in [1.165, 1.54) is 9.47 Å². The first-order valence-electron chi connectivity index (χ1n) is 11.1. The summed E-state index contributed by atoms with van der Waals surface area (Å²) in [6.07, 6.45) is 5.05. The van der Waals surface area contributed by atoms with Crippen molar-refractivity contribution in [1.82, 2.24) is 19.3 Å². The number of nitrogens with zero attached hydrogens (tertiary/aromatic N) is 4. The Bertz CT molecular complexity index is 1020. The number of nitrogen functional groups attached to an aromatic ring is 1. The number of hydrogen-bond donors (Lipinski definition) is 2. The van der Waals surface area contributed by atoms with E-state index < -0.39 is 11.2 Å². The van der Waals surface area contributed by atoms with Gasteiger partial charge in [-0.1, -0.05) is 33.1 Å². The minimum atomic E-state index is -0.617. The summed E-state index contributed by atoms with van der Waals surface area (Å²) in [5.41, 5.74) is 8.15. The number of amides is 1. The second-order valence-corrected chi connectivity index (χ2v) is 8.02. The monoisotopic (exact) mass is 432 g/mol. The van der Waals surface area contributed by atoms with E-state index in [2.05, 4.69) is 17.0 Å². The highest BCUT2D eigenvalue weighted by molar-refractivity contribution is 5.95. The van der Waals surface area contributed by atoms with Crippen LogP contribution >= 0.6 is 0 Å². The molecule has 2 rings (SSSR count). The zero-order valence-corrected chi connectivity index (χ0v) is 19.5. The topological polar surface area (TPSA) is 119 Å². The minimum absolute atomic E-state index is 0.0563. The van der Waals surface area contributed by atoms with Gasteiger partial charge >= 0.3 is 5.69 Å². The Labute approximate surface area is 183 Å². The Balaban J connectivity index is 2.38. The molecule has 0 aromatic carbocycles. The summed E-state index contributed by atoms with van der Waals surface area (Å²) in [7, 11) is 1.88. The second kappa shape index (κ2) is 11.0. The fraction of sp³-hybridized carbons (Fsp3) is 0.636. The molecule has 0 aliphatic rings. The van der Waals surface area contributed by atoms with Gasteiger partial charge < -0.3 is 10.6 Å². The van der Waals surface area contributed by atoms with Crippen molar-refractivity contribution in [3.8, 4) is 0 Å². The van der Waals surface area contributed by atoms with E-state index in [0.717, 1.165) is 49.1 Å². The van der Waals surface area contributed by atoms with Gasteiger partial charge in [-0.3, -0.25) is 23.8 Å². The molecule has 9 heteroatoms. The van der Waals surface area contributed by atoms with E-state index in [1.807, 2.05) is 27.8 Å². The zero-order chi connectivity index (χ0) is 23.1. The molecule has 172 valence electrons. The highest BCUT2D eigenvalue weighted by Crippen LogP contribution is 2.21. The fourth-order valence-electron chi connectivity index (χ4n) is 3.80. The first kappa shape index (κ1) is 24.4. The number of carbonyl (C=O) groups is 1.